The van der Waals surface area contributed by atoms with Crippen molar-refractivity contribution in [1.29, 1.82) is 0 Å². The number of likely N-dealkylation sites (N-methyl/N-ethyl adjacent to an activating group) is 1. The Morgan fingerprint density at radius 3 is 2.31 bits per heavy atom. The number of rotatable bonds is 6. The van der Waals surface area contributed by atoms with E-state index in [2.05, 4.69) is 4.99 Å². The fourth-order valence-corrected chi connectivity index (χ4v) is 4.85. The molecule has 0 unspecified atom stereocenters. The van der Waals surface area contributed by atoms with Crippen molar-refractivity contribution >= 4 is 52.2 Å². The van der Waals surface area contributed by atoms with Gasteiger partial charge in [0.15, 0.2) is 5.17 Å². The van der Waals surface area contributed by atoms with Gasteiger partial charge in [-0.15, -0.1) is 0 Å². The number of hydrogen-bond acceptors (Lipinski definition) is 6. The first-order chi connectivity index (χ1) is 17.2. The maximum atomic E-state index is 12.9. The van der Waals surface area contributed by atoms with E-state index in [1.807, 2.05) is 56.3 Å². The topological polar surface area (TPSA) is 68.2 Å². The summed E-state index contributed by atoms with van der Waals surface area (Å²) in [5.41, 5.74) is 5.00. The Balaban J connectivity index is 1.51. The van der Waals surface area contributed by atoms with E-state index in [1.54, 1.807) is 31.3 Å². The minimum atomic E-state index is -0.408. The largest absolute Gasteiger partial charge is 0.488 e. The molecule has 0 atom stereocenters. The van der Waals surface area contributed by atoms with Crippen molar-refractivity contribution in [3.63, 3.8) is 0 Å². The summed E-state index contributed by atoms with van der Waals surface area (Å²) < 4.78 is 10.8. The monoisotopic (exact) mass is 520 g/mol. The van der Waals surface area contributed by atoms with Crippen molar-refractivity contribution in [3.05, 3.63) is 98.4 Å². The lowest BCUT2D eigenvalue weighted by atomic mass is 10.0. The Morgan fingerprint density at radius 1 is 1.06 bits per heavy atom. The van der Waals surface area contributed by atoms with Crippen LogP contribution in [0.5, 0.6) is 5.75 Å². The molecule has 6 nitrogen and oxygen atoms in total. The van der Waals surface area contributed by atoms with Gasteiger partial charge in [-0.1, -0.05) is 23.7 Å². The summed E-state index contributed by atoms with van der Waals surface area (Å²) in [4.78, 5) is 31.2. The molecule has 0 spiro atoms. The number of nitrogens with zero attached hydrogens (tertiary/aromatic N) is 2. The number of carbonyl (C=O) groups excluding carboxylic acids is 2. The first-order valence-electron chi connectivity index (χ1n) is 11.2. The molecule has 1 amide bonds. The smallest absolute Gasteiger partial charge is 0.337 e. The molecule has 0 aliphatic carbocycles. The predicted octanol–water partition coefficient (Wildman–Crippen LogP) is 6.56. The predicted molar refractivity (Wildman–Crippen MR) is 145 cm³/mol. The van der Waals surface area contributed by atoms with Crippen LogP contribution in [0.1, 0.15) is 32.6 Å². The molecule has 8 heteroatoms. The average molecular weight is 521 g/mol. The zero-order valence-electron chi connectivity index (χ0n) is 20.4. The molecule has 1 saturated heterocycles. The van der Waals surface area contributed by atoms with Crippen LogP contribution in [0.25, 0.3) is 6.08 Å². The summed E-state index contributed by atoms with van der Waals surface area (Å²) in [6.45, 7) is 4.43. The lowest BCUT2D eigenvalue weighted by molar-refractivity contribution is -0.121. The third-order valence-corrected chi connectivity index (χ3v) is 6.91. The number of esters is 1. The van der Waals surface area contributed by atoms with Gasteiger partial charge in [0, 0.05) is 12.1 Å². The molecular weight excluding hydrogens is 496 g/mol. The Morgan fingerprint density at radius 2 is 1.69 bits per heavy atom. The van der Waals surface area contributed by atoms with E-state index >= 15 is 0 Å². The standard InChI is InChI=1S/C28H25ClN2O4S/c1-17-13-20(14-18(2)25(17)35-16-19-5-9-22(29)10-6-19)15-24-26(32)31(3)28(36-24)30-23-11-7-21(8-12-23)27(33)34-4/h5-15H,16H2,1-4H3/b24-15-,30-28?. The minimum Gasteiger partial charge on any atom is -0.488 e. The van der Waals surface area contributed by atoms with Crippen LogP contribution in [0, 0.1) is 13.8 Å². The van der Waals surface area contributed by atoms with Gasteiger partial charge in [-0.05, 0) is 102 Å². The number of benzene rings is 3. The molecule has 0 N–H and O–H groups in total. The van der Waals surface area contributed by atoms with Crippen LogP contribution in [-0.4, -0.2) is 36.1 Å². The van der Waals surface area contributed by atoms with Crippen molar-refractivity contribution in [3.8, 4) is 5.75 Å². The number of aryl methyl sites for hydroxylation is 2. The number of carbonyl (C=O) groups is 2. The number of methoxy groups -OCH3 is 1. The van der Waals surface area contributed by atoms with E-state index in [-0.39, 0.29) is 5.91 Å². The third-order valence-electron chi connectivity index (χ3n) is 5.59. The second-order valence-electron chi connectivity index (χ2n) is 8.31. The van der Waals surface area contributed by atoms with Gasteiger partial charge in [0.1, 0.15) is 12.4 Å². The highest BCUT2D eigenvalue weighted by Gasteiger charge is 2.30. The lowest BCUT2D eigenvalue weighted by Crippen LogP contribution is -2.23. The van der Waals surface area contributed by atoms with E-state index in [4.69, 9.17) is 21.1 Å². The van der Waals surface area contributed by atoms with Crippen molar-refractivity contribution in [2.75, 3.05) is 14.2 Å². The quantitative estimate of drug-likeness (QED) is 0.272. The summed E-state index contributed by atoms with van der Waals surface area (Å²) in [6, 6.07) is 18.3. The van der Waals surface area contributed by atoms with Gasteiger partial charge in [0.05, 0.1) is 23.3 Å². The molecule has 36 heavy (non-hydrogen) atoms. The zero-order valence-corrected chi connectivity index (χ0v) is 21.9. The van der Waals surface area contributed by atoms with E-state index in [0.717, 1.165) is 28.0 Å². The third kappa shape index (κ3) is 5.80. The van der Waals surface area contributed by atoms with Gasteiger partial charge >= 0.3 is 5.97 Å². The lowest BCUT2D eigenvalue weighted by Gasteiger charge is -2.13. The van der Waals surface area contributed by atoms with Crippen LogP contribution in [0.3, 0.4) is 0 Å². The first kappa shape index (κ1) is 25.5. The van der Waals surface area contributed by atoms with E-state index in [0.29, 0.717) is 33.0 Å². The van der Waals surface area contributed by atoms with Crippen molar-refractivity contribution in [2.24, 2.45) is 4.99 Å². The zero-order chi connectivity index (χ0) is 25.8. The summed E-state index contributed by atoms with van der Waals surface area (Å²) >= 11 is 7.27. The highest BCUT2D eigenvalue weighted by atomic mass is 35.5. The second kappa shape index (κ2) is 11.0. The summed E-state index contributed by atoms with van der Waals surface area (Å²) in [5, 5.41) is 1.26. The number of amides is 1. The molecule has 0 aromatic heterocycles. The number of amidine groups is 1. The fraction of sp³-hybridized carbons (Fsp3) is 0.179. The Hall–Kier alpha value is -3.55. The number of ether oxygens (including phenoxy) is 2. The molecule has 0 saturated carbocycles. The van der Waals surface area contributed by atoms with Crippen LogP contribution >= 0.6 is 23.4 Å². The van der Waals surface area contributed by atoms with Gasteiger partial charge in [0.2, 0.25) is 0 Å². The molecule has 0 bridgehead atoms. The maximum absolute atomic E-state index is 12.9. The molecular formula is C28H25ClN2O4S. The number of halogens is 1. The van der Waals surface area contributed by atoms with Gasteiger partial charge in [-0.2, -0.15) is 0 Å². The van der Waals surface area contributed by atoms with E-state index < -0.39 is 5.97 Å². The number of thioether (sulfide) groups is 1. The van der Waals surface area contributed by atoms with Crippen LogP contribution in [0.4, 0.5) is 5.69 Å². The van der Waals surface area contributed by atoms with Crippen molar-refractivity contribution in [2.45, 2.75) is 20.5 Å². The van der Waals surface area contributed by atoms with Crippen LogP contribution < -0.4 is 4.74 Å². The Kier molecular flexibility index (Phi) is 7.82. The van der Waals surface area contributed by atoms with Gasteiger partial charge in [0.25, 0.3) is 5.91 Å². The number of aliphatic imine (C=N–C) groups is 1. The summed E-state index contributed by atoms with van der Waals surface area (Å²) in [5.74, 6) is 0.296. The van der Waals surface area contributed by atoms with Crippen molar-refractivity contribution in [1.82, 2.24) is 4.90 Å². The molecule has 3 aromatic carbocycles. The van der Waals surface area contributed by atoms with Gasteiger partial charge < -0.3 is 9.47 Å². The molecule has 4 rings (SSSR count). The van der Waals surface area contributed by atoms with Crippen molar-refractivity contribution < 1.29 is 19.1 Å². The van der Waals surface area contributed by atoms with Crippen LogP contribution in [0.2, 0.25) is 5.02 Å². The highest BCUT2D eigenvalue weighted by Crippen LogP contribution is 2.34. The fourth-order valence-electron chi connectivity index (χ4n) is 3.73. The van der Waals surface area contributed by atoms with Gasteiger partial charge in [-0.3, -0.25) is 9.69 Å². The molecule has 0 radical (unpaired) electrons. The molecule has 1 aliphatic heterocycles. The SMILES string of the molecule is COC(=O)c1ccc(N=C2S/C(=C\c3cc(C)c(OCc4ccc(Cl)cc4)c(C)c3)C(=O)N2C)cc1. The van der Waals surface area contributed by atoms with E-state index in [9.17, 15) is 9.59 Å². The Bertz CT molecular complexity index is 1340. The molecule has 3 aromatic rings. The number of hydrogen-bond donors (Lipinski definition) is 0. The summed E-state index contributed by atoms with van der Waals surface area (Å²) in [7, 11) is 3.03. The molecule has 184 valence electrons. The first-order valence-corrected chi connectivity index (χ1v) is 12.4. The average Bonchev–Trinajstić information content (AvgIpc) is 3.12. The highest BCUT2D eigenvalue weighted by molar-refractivity contribution is 8.18. The molecule has 1 heterocycles. The Labute approximate surface area is 219 Å². The normalized spacial score (nSPS) is 15.6. The molecule has 1 aliphatic rings. The minimum absolute atomic E-state index is 0.122. The van der Waals surface area contributed by atoms with Crippen LogP contribution in [0.15, 0.2) is 70.6 Å². The maximum Gasteiger partial charge on any atom is 0.337 e. The van der Waals surface area contributed by atoms with Gasteiger partial charge in [-0.25, -0.2) is 9.79 Å². The summed E-state index contributed by atoms with van der Waals surface area (Å²) in [6.07, 6.45) is 1.87. The van der Waals surface area contributed by atoms with Crippen LogP contribution in [-0.2, 0) is 16.1 Å². The second-order valence-corrected chi connectivity index (χ2v) is 9.75. The van der Waals surface area contributed by atoms with E-state index in [1.165, 1.54) is 23.8 Å². The molecule has 1 fully saturated rings.